The first-order chi connectivity index (χ1) is 9.21. The number of hydrogen-bond acceptors (Lipinski definition) is 4. The monoisotopic (exact) mass is 259 g/mol. The van der Waals surface area contributed by atoms with Gasteiger partial charge in [0.25, 0.3) is 0 Å². The van der Waals surface area contributed by atoms with E-state index in [4.69, 9.17) is 20.1 Å². The van der Waals surface area contributed by atoms with Crippen molar-refractivity contribution in [2.75, 3.05) is 6.54 Å². The number of hydrogen-bond donors (Lipinski definition) is 1. The third-order valence-electron chi connectivity index (χ3n) is 3.34. The highest BCUT2D eigenvalue weighted by molar-refractivity contribution is 5.57. The second-order valence-electron chi connectivity index (χ2n) is 4.56. The Kier molecular flexibility index (Phi) is 4.32. The van der Waals surface area contributed by atoms with Crippen molar-refractivity contribution < 1.29 is 4.42 Å². The topological polar surface area (TPSA) is 64.9 Å². The molecule has 0 fully saturated rings. The molecule has 4 heteroatoms. The van der Waals surface area contributed by atoms with Crippen LogP contribution in [0.1, 0.15) is 36.6 Å². The second-order valence-corrected chi connectivity index (χ2v) is 4.56. The average molecular weight is 259 g/mol. The van der Waals surface area contributed by atoms with E-state index in [2.05, 4.69) is 13.8 Å². The zero-order chi connectivity index (χ0) is 13.8. The molecule has 0 bridgehead atoms. The predicted octanol–water partition coefficient (Wildman–Crippen LogP) is 2.67. The Bertz CT molecular complexity index is 535. The van der Waals surface area contributed by atoms with Gasteiger partial charge in [-0.25, -0.2) is 9.97 Å². The Morgan fingerprint density at radius 3 is 2.21 bits per heavy atom. The summed E-state index contributed by atoms with van der Waals surface area (Å²) in [5.41, 5.74) is 10.1. The number of aryl methyl sites for hydroxylation is 3. The molecule has 0 saturated heterocycles. The number of aromatic nitrogens is 2. The minimum absolute atomic E-state index is 0.632. The van der Waals surface area contributed by atoms with Crippen LogP contribution in [0.25, 0.3) is 11.4 Å². The zero-order valence-corrected chi connectivity index (χ0v) is 11.9. The molecule has 2 rings (SSSR count). The van der Waals surface area contributed by atoms with Gasteiger partial charge in [-0.05, 0) is 44.4 Å². The second kappa shape index (κ2) is 5.97. The van der Waals surface area contributed by atoms with E-state index in [1.807, 2.05) is 13.0 Å². The summed E-state index contributed by atoms with van der Waals surface area (Å²) in [5, 5.41) is 0. The minimum Gasteiger partial charge on any atom is -0.469 e. The van der Waals surface area contributed by atoms with E-state index in [-0.39, 0.29) is 0 Å². The van der Waals surface area contributed by atoms with Crippen molar-refractivity contribution in [3.05, 3.63) is 35.0 Å². The van der Waals surface area contributed by atoms with Gasteiger partial charge in [-0.2, -0.15) is 0 Å². The molecular weight excluding hydrogens is 238 g/mol. The van der Waals surface area contributed by atoms with Crippen molar-refractivity contribution in [3.8, 4) is 11.4 Å². The molecule has 2 aromatic rings. The van der Waals surface area contributed by atoms with Gasteiger partial charge < -0.3 is 10.2 Å². The molecule has 0 aliphatic heterocycles. The molecule has 2 aromatic heterocycles. The quantitative estimate of drug-likeness (QED) is 0.896. The van der Waals surface area contributed by atoms with Gasteiger partial charge >= 0.3 is 0 Å². The summed E-state index contributed by atoms with van der Waals surface area (Å²) in [6.45, 7) is 6.80. The first-order valence-electron chi connectivity index (χ1n) is 6.84. The van der Waals surface area contributed by atoms with E-state index < -0.39 is 0 Å². The van der Waals surface area contributed by atoms with Crippen molar-refractivity contribution in [2.45, 2.75) is 40.0 Å². The van der Waals surface area contributed by atoms with Crippen molar-refractivity contribution >= 4 is 0 Å². The Hall–Kier alpha value is -1.68. The Morgan fingerprint density at radius 1 is 1.16 bits per heavy atom. The van der Waals surface area contributed by atoms with E-state index in [0.29, 0.717) is 6.54 Å². The average Bonchev–Trinajstić information content (AvgIpc) is 2.85. The van der Waals surface area contributed by atoms with Crippen molar-refractivity contribution in [1.29, 1.82) is 0 Å². The first kappa shape index (κ1) is 13.7. The van der Waals surface area contributed by atoms with Crippen LogP contribution in [0.15, 0.2) is 16.7 Å². The molecule has 102 valence electrons. The van der Waals surface area contributed by atoms with Gasteiger partial charge in [0.15, 0.2) is 5.82 Å². The van der Waals surface area contributed by atoms with E-state index in [0.717, 1.165) is 47.8 Å². The zero-order valence-electron chi connectivity index (χ0n) is 11.9. The smallest absolute Gasteiger partial charge is 0.163 e. The summed E-state index contributed by atoms with van der Waals surface area (Å²) in [4.78, 5) is 9.39. The normalized spacial score (nSPS) is 10.9. The lowest BCUT2D eigenvalue weighted by atomic mass is 10.0. The largest absolute Gasteiger partial charge is 0.469 e. The molecule has 0 radical (unpaired) electrons. The minimum atomic E-state index is 0.632. The molecule has 0 amide bonds. The standard InChI is InChI=1S/C15H21N3O/c1-4-13-12(6-8-16)14(5-2)18-15(17-13)11-7-9-19-10(11)3/h7,9H,4-6,8,16H2,1-3H3. The summed E-state index contributed by atoms with van der Waals surface area (Å²) in [6, 6.07) is 1.92. The van der Waals surface area contributed by atoms with Crippen LogP contribution < -0.4 is 5.73 Å². The molecular formula is C15H21N3O. The lowest BCUT2D eigenvalue weighted by Gasteiger charge is -2.13. The third-order valence-corrected chi connectivity index (χ3v) is 3.34. The van der Waals surface area contributed by atoms with Gasteiger partial charge in [0.2, 0.25) is 0 Å². The molecule has 0 saturated carbocycles. The first-order valence-corrected chi connectivity index (χ1v) is 6.84. The van der Waals surface area contributed by atoms with Gasteiger partial charge in [0, 0.05) is 11.4 Å². The number of furan rings is 1. The SMILES string of the molecule is CCc1nc(-c2ccoc2C)nc(CC)c1CCN. The summed E-state index contributed by atoms with van der Waals surface area (Å²) >= 11 is 0. The van der Waals surface area contributed by atoms with Crippen LogP contribution in [0, 0.1) is 6.92 Å². The van der Waals surface area contributed by atoms with Crippen LogP contribution in [-0.2, 0) is 19.3 Å². The van der Waals surface area contributed by atoms with Crippen molar-refractivity contribution in [1.82, 2.24) is 9.97 Å². The molecule has 0 aliphatic carbocycles. The lowest BCUT2D eigenvalue weighted by molar-refractivity contribution is 0.535. The fourth-order valence-corrected chi connectivity index (χ4v) is 2.34. The van der Waals surface area contributed by atoms with E-state index in [1.165, 1.54) is 5.56 Å². The predicted molar refractivity (Wildman–Crippen MR) is 76.0 cm³/mol. The fraction of sp³-hybridized carbons (Fsp3) is 0.467. The fourth-order valence-electron chi connectivity index (χ4n) is 2.34. The highest BCUT2D eigenvalue weighted by atomic mass is 16.3. The highest BCUT2D eigenvalue weighted by Gasteiger charge is 2.15. The molecule has 19 heavy (non-hydrogen) atoms. The van der Waals surface area contributed by atoms with Gasteiger partial charge in [-0.3, -0.25) is 0 Å². The molecule has 0 aliphatic rings. The maximum Gasteiger partial charge on any atom is 0.163 e. The molecule has 0 aromatic carbocycles. The van der Waals surface area contributed by atoms with Crippen LogP contribution in [0.4, 0.5) is 0 Å². The third kappa shape index (κ3) is 2.68. The highest BCUT2D eigenvalue weighted by Crippen LogP contribution is 2.24. The van der Waals surface area contributed by atoms with Crippen LogP contribution >= 0.6 is 0 Å². The van der Waals surface area contributed by atoms with E-state index in [9.17, 15) is 0 Å². The van der Waals surface area contributed by atoms with Gasteiger partial charge in [0.1, 0.15) is 5.76 Å². The Morgan fingerprint density at radius 2 is 1.79 bits per heavy atom. The summed E-state index contributed by atoms with van der Waals surface area (Å²) in [5.74, 6) is 1.62. The van der Waals surface area contributed by atoms with Gasteiger partial charge in [-0.15, -0.1) is 0 Å². The van der Waals surface area contributed by atoms with Crippen molar-refractivity contribution in [3.63, 3.8) is 0 Å². The maximum absolute atomic E-state index is 5.69. The Balaban J connectivity index is 2.56. The van der Waals surface area contributed by atoms with E-state index >= 15 is 0 Å². The Labute approximate surface area is 114 Å². The molecule has 2 N–H and O–H groups in total. The number of rotatable bonds is 5. The summed E-state index contributed by atoms with van der Waals surface area (Å²) < 4.78 is 5.34. The molecule has 0 atom stereocenters. The molecule has 2 heterocycles. The van der Waals surface area contributed by atoms with E-state index in [1.54, 1.807) is 6.26 Å². The lowest BCUT2D eigenvalue weighted by Crippen LogP contribution is -2.12. The molecule has 4 nitrogen and oxygen atoms in total. The summed E-state index contributed by atoms with van der Waals surface area (Å²) in [6.07, 6.45) is 4.32. The van der Waals surface area contributed by atoms with Gasteiger partial charge in [0.05, 0.1) is 11.8 Å². The van der Waals surface area contributed by atoms with Gasteiger partial charge in [-0.1, -0.05) is 13.8 Å². The molecule has 0 spiro atoms. The van der Waals surface area contributed by atoms with Crippen LogP contribution in [-0.4, -0.2) is 16.5 Å². The van der Waals surface area contributed by atoms with Crippen LogP contribution in [0.3, 0.4) is 0 Å². The number of nitrogens with two attached hydrogens (primary N) is 1. The number of nitrogens with zero attached hydrogens (tertiary/aromatic N) is 2. The maximum atomic E-state index is 5.69. The van der Waals surface area contributed by atoms with Crippen LogP contribution in [0.2, 0.25) is 0 Å². The van der Waals surface area contributed by atoms with Crippen LogP contribution in [0.5, 0.6) is 0 Å². The summed E-state index contributed by atoms with van der Waals surface area (Å²) in [7, 11) is 0. The van der Waals surface area contributed by atoms with Crippen molar-refractivity contribution in [2.24, 2.45) is 5.73 Å². The molecule has 0 unspecified atom stereocenters.